The summed E-state index contributed by atoms with van der Waals surface area (Å²) in [5, 5.41) is 7.14. The molecule has 0 bridgehead atoms. The lowest BCUT2D eigenvalue weighted by Crippen LogP contribution is -1.94. The average molecular weight is 280 g/mol. The molecule has 21 heavy (non-hydrogen) atoms. The summed E-state index contributed by atoms with van der Waals surface area (Å²) in [5.41, 5.74) is 1.01. The zero-order valence-corrected chi connectivity index (χ0v) is 11.5. The molecule has 0 atom stereocenters. The van der Waals surface area contributed by atoms with Gasteiger partial charge >= 0.3 is 0 Å². The molecule has 1 aromatic carbocycles. The Balaban J connectivity index is 2.13. The van der Waals surface area contributed by atoms with Gasteiger partial charge in [-0.1, -0.05) is 66.8 Å². The van der Waals surface area contributed by atoms with E-state index < -0.39 is 0 Å². The van der Waals surface area contributed by atoms with Crippen LogP contribution in [0.2, 0.25) is 0 Å². The van der Waals surface area contributed by atoms with Crippen LogP contribution in [0.3, 0.4) is 0 Å². The van der Waals surface area contributed by atoms with Gasteiger partial charge in [0.15, 0.2) is 5.75 Å². The Kier molecular flexibility index (Phi) is 6.29. The highest BCUT2D eigenvalue weighted by atomic mass is 17.3. The van der Waals surface area contributed by atoms with Crippen LogP contribution < -0.4 is 4.89 Å². The molecule has 0 radical (unpaired) electrons. The Labute approximate surface area is 124 Å². The van der Waals surface area contributed by atoms with Crippen LogP contribution in [0.25, 0.3) is 0 Å². The first-order chi connectivity index (χ1) is 10.5. The van der Waals surface area contributed by atoms with Crippen LogP contribution in [0, 0.1) is 0 Å². The average Bonchev–Trinajstić information content (AvgIpc) is 2.52. The van der Waals surface area contributed by atoms with E-state index in [2.05, 4.69) is 10.4 Å². The molecule has 4 heteroatoms. The van der Waals surface area contributed by atoms with Gasteiger partial charge in [0.25, 0.3) is 0 Å². The first-order valence-corrected chi connectivity index (χ1v) is 6.60. The molecule has 2 rings (SSSR count). The second kappa shape index (κ2) is 9.09. The summed E-state index contributed by atoms with van der Waals surface area (Å²) < 4.78 is 0. The van der Waals surface area contributed by atoms with Gasteiger partial charge in [0, 0.05) is 5.56 Å². The summed E-state index contributed by atoms with van der Waals surface area (Å²) in [6.45, 7) is 0. The zero-order valence-electron chi connectivity index (χ0n) is 11.5. The van der Waals surface area contributed by atoms with Crippen molar-refractivity contribution in [3.8, 4) is 5.75 Å². The number of nitrogens with zero attached hydrogens (tertiary/aromatic N) is 2. The monoisotopic (exact) mass is 280 g/mol. The Hall–Kier alpha value is -2.88. The highest BCUT2D eigenvalue weighted by Crippen LogP contribution is 2.19. The smallest absolute Gasteiger partial charge is 0.184 e. The van der Waals surface area contributed by atoms with Crippen molar-refractivity contribution in [1.29, 1.82) is 0 Å². The van der Waals surface area contributed by atoms with Crippen molar-refractivity contribution in [1.82, 2.24) is 0 Å². The van der Waals surface area contributed by atoms with Crippen LogP contribution in [0.15, 0.2) is 95.5 Å². The molecule has 0 fully saturated rings. The Morgan fingerprint density at radius 1 is 0.810 bits per heavy atom. The van der Waals surface area contributed by atoms with Crippen molar-refractivity contribution in [3.05, 3.63) is 90.7 Å². The molecule has 0 unspecified atom stereocenters. The predicted molar refractivity (Wildman–Crippen MR) is 82.4 cm³/mol. The molecule has 1 aliphatic rings. The van der Waals surface area contributed by atoms with E-state index in [9.17, 15) is 0 Å². The fraction of sp³-hybridized carbons (Fsp3) is 0.0588. The Bertz CT molecular complexity index is 611. The van der Waals surface area contributed by atoms with Crippen LogP contribution in [0.4, 0.5) is 0 Å². The van der Waals surface area contributed by atoms with E-state index in [1.54, 1.807) is 6.08 Å². The van der Waals surface area contributed by atoms with E-state index >= 15 is 0 Å². The number of para-hydroxylation sites is 1. The molecule has 1 aliphatic heterocycles. The lowest BCUT2D eigenvalue weighted by atomic mass is 10.1. The van der Waals surface area contributed by atoms with Gasteiger partial charge in [-0.15, -0.1) is 10.1 Å². The molecule has 0 N–H and O–H groups in total. The van der Waals surface area contributed by atoms with Crippen LogP contribution in [-0.2, 0) is 11.4 Å². The second-order valence-electron chi connectivity index (χ2n) is 4.09. The van der Waals surface area contributed by atoms with Gasteiger partial charge in [-0.2, -0.15) is 0 Å². The van der Waals surface area contributed by atoms with Crippen LogP contribution in [-0.4, -0.2) is 0 Å². The van der Waals surface area contributed by atoms with Gasteiger partial charge in [0.2, 0.25) is 0 Å². The minimum absolute atomic E-state index is 0.623. The van der Waals surface area contributed by atoms with Gasteiger partial charge in [-0.25, -0.2) is 0 Å². The maximum absolute atomic E-state index is 5.14. The molecule has 0 saturated heterocycles. The molecule has 106 valence electrons. The minimum atomic E-state index is 0.623. The maximum Gasteiger partial charge on any atom is 0.184 e. The molecule has 0 spiro atoms. The molecule has 4 nitrogen and oxygen atoms in total. The molecular weight excluding hydrogens is 264 g/mol. The van der Waals surface area contributed by atoms with Crippen molar-refractivity contribution < 1.29 is 9.88 Å². The highest BCUT2D eigenvalue weighted by Gasteiger charge is 2.02. The molecule has 0 aromatic heterocycles. The Morgan fingerprint density at radius 3 is 2.38 bits per heavy atom. The number of benzene rings is 1. The van der Waals surface area contributed by atoms with Crippen molar-refractivity contribution in [2.45, 2.75) is 6.42 Å². The summed E-state index contributed by atoms with van der Waals surface area (Å²) in [5.74, 6) is 0.623. The molecular formula is C17H16N2O2. The molecule has 0 amide bonds. The number of hydrogen-bond acceptors (Lipinski definition) is 4. The standard InChI is InChI=1S/C17H16N2O2/c1-2-4-6-8-12-16-13-9-10-14-17(16)20-21-19-18-15-11-7-5-3-1/h1-11,13-15H,12H2/b3-1?,4-2?,7-5-,8-6+,15-11-,19-18?. The third-order valence-electron chi connectivity index (χ3n) is 2.58. The van der Waals surface area contributed by atoms with E-state index in [-0.39, 0.29) is 0 Å². The van der Waals surface area contributed by atoms with Gasteiger partial charge < -0.3 is 0 Å². The fourth-order valence-electron chi connectivity index (χ4n) is 1.60. The predicted octanol–water partition coefficient (Wildman–Crippen LogP) is 4.66. The fourth-order valence-corrected chi connectivity index (χ4v) is 1.60. The topological polar surface area (TPSA) is 43.2 Å². The SMILES string of the molecule is C1=C/C=C\C=C/N=NOOc2ccccc2C/C=C/C=C1. The van der Waals surface area contributed by atoms with E-state index in [4.69, 9.17) is 9.88 Å². The lowest BCUT2D eigenvalue weighted by Gasteiger charge is -2.04. The lowest BCUT2D eigenvalue weighted by molar-refractivity contribution is -0.215. The van der Waals surface area contributed by atoms with Gasteiger partial charge in [0.1, 0.15) is 0 Å². The molecule has 1 heterocycles. The van der Waals surface area contributed by atoms with Gasteiger partial charge in [0.05, 0.1) is 11.5 Å². The maximum atomic E-state index is 5.14. The summed E-state index contributed by atoms with van der Waals surface area (Å²) in [6.07, 6.45) is 19.6. The van der Waals surface area contributed by atoms with E-state index in [1.165, 1.54) is 6.20 Å². The van der Waals surface area contributed by atoms with E-state index in [1.807, 2.05) is 72.9 Å². The molecule has 0 aliphatic carbocycles. The first-order valence-electron chi connectivity index (χ1n) is 6.60. The van der Waals surface area contributed by atoms with Crippen molar-refractivity contribution in [2.24, 2.45) is 10.4 Å². The third kappa shape index (κ3) is 5.74. The van der Waals surface area contributed by atoms with Gasteiger partial charge in [-0.05, 0) is 18.6 Å². The van der Waals surface area contributed by atoms with Crippen molar-refractivity contribution in [3.63, 3.8) is 0 Å². The number of fused-ring (bicyclic) bond motifs is 1. The van der Waals surface area contributed by atoms with Crippen molar-refractivity contribution in [2.75, 3.05) is 0 Å². The highest BCUT2D eigenvalue weighted by molar-refractivity contribution is 5.34. The van der Waals surface area contributed by atoms with Gasteiger partial charge in [-0.3, -0.25) is 4.89 Å². The van der Waals surface area contributed by atoms with Crippen LogP contribution in [0.1, 0.15) is 5.56 Å². The van der Waals surface area contributed by atoms with Crippen LogP contribution >= 0.6 is 0 Å². The summed E-state index contributed by atoms with van der Waals surface area (Å²) >= 11 is 0. The second-order valence-corrected chi connectivity index (χ2v) is 4.09. The normalized spacial score (nSPS) is 19.6. The molecule has 1 aromatic rings. The summed E-state index contributed by atoms with van der Waals surface area (Å²) in [7, 11) is 0. The largest absolute Gasteiger partial charge is 0.266 e. The summed E-state index contributed by atoms with van der Waals surface area (Å²) in [4.78, 5) is 9.85. The minimum Gasteiger partial charge on any atom is -0.266 e. The number of rotatable bonds is 0. The first kappa shape index (κ1) is 14.5. The zero-order chi connectivity index (χ0) is 14.6. The number of hydrogen-bond donors (Lipinski definition) is 0. The Morgan fingerprint density at radius 2 is 1.52 bits per heavy atom. The third-order valence-corrected chi connectivity index (χ3v) is 2.58. The quantitative estimate of drug-likeness (QED) is 0.649. The van der Waals surface area contributed by atoms with Crippen molar-refractivity contribution >= 4 is 0 Å². The summed E-state index contributed by atoms with van der Waals surface area (Å²) in [6, 6.07) is 7.62. The van der Waals surface area contributed by atoms with E-state index in [0.29, 0.717) is 5.75 Å². The molecule has 0 saturated carbocycles. The van der Waals surface area contributed by atoms with Crippen LogP contribution in [0.5, 0.6) is 5.75 Å². The number of allylic oxidation sites excluding steroid dienone is 9. The van der Waals surface area contributed by atoms with E-state index in [0.717, 1.165) is 12.0 Å².